The molecule has 14 heavy (non-hydrogen) atoms. The molecule has 0 aliphatic heterocycles. The van der Waals surface area contributed by atoms with Gasteiger partial charge in [0.15, 0.2) is 0 Å². The van der Waals surface area contributed by atoms with E-state index in [-0.39, 0.29) is 0 Å². The quantitative estimate of drug-likeness (QED) is 0.730. The molecule has 0 unspecified atom stereocenters. The Morgan fingerprint density at radius 3 is 2.57 bits per heavy atom. The number of nitrogens with two attached hydrogens (primary N) is 1. The molecule has 0 radical (unpaired) electrons. The molecule has 0 atom stereocenters. The summed E-state index contributed by atoms with van der Waals surface area (Å²) < 4.78 is 5.17. The van der Waals surface area contributed by atoms with Crippen molar-refractivity contribution in [2.45, 2.75) is 0 Å². The van der Waals surface area contributed by atoms with E-state index in [9.17, 15) is 0 Å². The van der Waals surface area contributed by atoms with Gasteiger partial charge < -0.3 is 10.2 Å². The summed E-state index contributed by atoms with van der Waals surface area (Å²) in [4.78, 5) is 0. The van der Waals surface area contributed by atoms with Gasteiger partial charge in [-0.1, -0.05) is 18.2 Å². The first-order valence-electron chi connectivity index (χ1n) is 4.42. The van der Waals surface area contributed by atoms with Gasteiger partial charge in [-0.25, -0.2) is 0 Å². The Balaban J connectivity index is 2.23. The summed E-state index contributed by atoms with van der Waals surface area (Å²) in [7, 11) is 0. The molecule has 0 fully saturated rings. The van der Waals surface area contributed by atoms with Gasteiger partial charge in [-0.2, -0.15) is 0 Å². The Bertz CT molecular complexity index is 429. The second-order valence-electron chi connectivity index (χ2n) is 2.98. The van der Waals surface area contributed by atoms with Crippen LogP contribution in [0.1, 0.15) is 11.3 Å². The van der Waals surface area contributed by atoms with Crippen molar-refractivity contribution in [2.75, 3.05) is 5.73 Å². The van der Waals surface area contributed by atoms with Crippen molar-refractivity contribution < 1.29 is 4.42 Å². The largest absolute Gasteiger partial charge is 0.465 e. The first kappa shape index (κ1) is 8.63. The number of furan rings is 1. The maximum atomic E-state index is 5.78. The molecule has 70 valence electrons. The molecule has 0 amide bonds. The van der Waals surface area contributed by atoms with Crippen molar-refractivity contribution in [3.8, 4) is 0 Å². The van der Waals surface area contributed by atoms with Crippen LogP contribution >= 0.6 is 0 Å². The molecule has 1 aromatic heterocycles. The van der Waals surface area contributed by atoms with Gasteiger partial charge in [0.2, 0.25) is 0 Å². The van der Waals surface area contributed by atoms with Crippen molar-refractivity contribution in [2.24, 2.45) is 0 Å². The highest BCUT2D eigenvalue weighted by molar-refractivity contribution is 5.74. The van der Waals surface area contributed by atoms with Crippen molar-refractivity contribution >= 4 is 17.8 Å². The normalized spacial score (nSPS) is 10.9. The number of benzene rings is 1. The van der Waals surface area contributed by atoms with Crippen LogP contribution in [-0.4, -0.2) is 0 Å². The van der Waals surface area contributed by atoms with Crippen LogP contribution in [0.5, 0.6) is 0 Å². The van der Waals surface area contributed by atoms with Crippen molar-refractivity contribution in [1.29, 1.82) is 0 Å². The van der Waals surface area contributed by atoms with Gasteiger partial charge in [0.25, 0.3) is 0 Å². The minimum absolute atomic E-state index is 0.773. The Morgan fingerprint density at radius 2 is 1.86 bits per heavy atom. The zero-order valence-corrected chi connectivity index (χ0v) is 7.68. The van der Waals surface area contributed by atoms with E-state index in [1.165, 1.54) is 0 Å². The Labute approximate surface area is 82.7 Å². The van der Waals surface area contributed by atoms with Crippen LogP contribution in [0.4, 0.5) is 5.69 Å². The lowest BCUT2D eigenvalue weighted by atomic mass is 10.1. The van der Waals surface area contributed by atoms with E-state index in [1.807, 2.05) is 48.6 Å². The number of anilines is 1. The number of hydrogen-bond acceptors (Lipinski definition) is 2. The molecule has 0 saturated heterocycles. The summed E-state index contributed by atoms with van der Waals surface area (Å²) in [5, 5.41) is 0. The highest BCUT2D eigenvalue weighted by atomic mass is 16.3. The molecule has 2 N–H and O–H groups in total. The highest BCUT2D eigenvalue weighted by Gasteiger charge is 1.92. The number of para-hydroxylation sites is 1. The summed E-state index contributed by atoms with van der Waals surface area (Å²) in [6.45, 7) is 0. The Hall–Kier alpha value is -1.96. The van der Waals surface area contributed by atoms with E-state index in [0.717, 1.165) is 17.0 Å². The highest BCUT2D eigenvalue weighted by Crippen LogP contribution is 2.14. The van der Waals surface area contributed by atoms with E-state index in [1.54, 1.807) is 6.26 Å². The molecule has 0 aliphatic rings. The van der Waals surface area contributed by atoms with Gasteiger partial charge in [-0.3, -0.25) is 0 Å². The molecule has 1 aromatic carbocycles. The minimum Gasteiger partial charge on any atom is -0.465 e. The molecule has 1 heterocycles. The van der Waals surface area contributed by atoms with Crippen LogP contribution < -0.4 is 5.73 Å². The maximum Gasteiger partial charge on any atom is 0.126 e. The van der Waals surface area contributed by atoms with E-state index >= 15 is 0 Å². The second kappa shape index (κ2) is 3.83. The van der Waals surface area contributed by atoms with Crippen LogP contribution in [0.25, 0.3) is 12.2 Å². The summed E-state index contributed by atoms with van der Waals surface area (Å²) in [5.74, 6) is 0.827. The molecule has 2 nitrogen and oxygen atoms in total. The lowest BCUT2D eigenvalue weighted by Gasteiger charge is -1.97. The lowest BCUT2D eigenvalue weighted by molar-refractivity contribution is 0.557. The molecule has 0 aliphatic carbocycles. The number of rotatable bonds is 2. The van der Waals surface area contributed by atoms with Crippen molar-refractivity contribution in [1.82, 2.24) is 0 Å². The third kappa shape index (κ3) is 1.85. The fourth-order valence-corrected chi connectivity index (χ4v) is 1.22. The molecule has 2 heteroatoms. The summed E-state index contributed by atoms with van der Waals surface area (Å²) in [6, 6.07) is 11.5. The fraction of sp³-hybridized carbons (Fsp3) is 0. The van der Waals surface area contributed by atoms with Crippen LogP contribution in [0.15, 0.2) is 47.1 Å². The summed E-state index contributed by atoms with van der Waals surface area (Å²) >= 11 is 0. The van der Waals surface area contributed by atoms with E-state index in [0.29, 0.717) is 0 Å². The van der Waals surface area contributed by atoms with E-state index in [2.05, 4.69) is 0 Å². The van der Waals surface area contributed by atoms with Crippen molar-refractivity contribution in [3.63, 3.8) is 0 Å². The molecule has 0 saturated carbocycles. The van der Waals surface area contributed by atoms with Crippen LogP contribution in [0.2, 0.25) is 0 Å². The third-order valence-corrected chi connectivity index (χ3v) is 1.97. The van der Waals surface area contributed by atoms with Gasteiger partial charge >= 0.3 is 0 Å². The first-order chi connectivity index (χ1) is 6.86. The van der Waals surface area contributed by atoms with Crippen molar-refractivity contribution in [3.05, 3.63) is 54.0 Å². The SMILES string of the molecule is Nc1ccccc1/C=C\c1ccco1. The van der Waals surface area contributed by atoms with Gasteiger partial charge in [-0.15, -0.1) is 0 Å². The number of nitrogen functional groups attached to an aromatic ring is 1. The molecule has 0 spiro atoms. The maximum absolute atomic E-state index is 5.78. The van der Waals surface area contributed by atoms with Crippen LogP contribution in [-0.2, 0) is 0 Å². The first-order valence-corrected chi connectivity index (χ1v) is 4.42. The van der Waals surface area contributed by atoms with Crippen LogP contribution in [0.3, 0.4) is 0 Å². The third-order valence-electron chi connectivity index (χ3n) is 1.97. The second-order valence-corrected chi connectivity index (χ2v) is 2.98. The van der Waals surface area contributed by atoms with E-state index < -0.39 is 0 Å². The average molecular weight is 185 g/mol. The Morgan fingerprint density at radius 1 is 1.00 bits per heavy atom. The molecule has 2 rings (SSSR count). The van der Waals surface area contributed by atoms with Gasteiger partial charge in [0, 0.05) is 5.69 Å². The van der Waals surface area contributed by atoms with Gasteiger partial charge in [0.1, 0.15) is 5.76 Å². The summed E-state index contributed by atoms with van der Waals surface area (Å²) in [5.41, 5.74) is 7.56. The van der Waals surface area contributed by atoms with Crippen LogP contribution in [0, 0.1) is 0 Å². The predicted molar refractivity (Wildman–Crippen MR) is 58.5 cm³/mol. The van der Waals surface area contributed by atoms with E-state index in [4.69, 9.17) is 10.2 Å². The predicted octanol–water partition coefficient (Wildman–Crippen LogP) is 3.03. The Kier molecular flexibility index (Phi) is 2.36. The topological polar surface area (TPSA) is 39.2 Å². The average Bonchev–Trinajstić information content (AvgIpc) is 2.69. The smallest absolute Gasteiger partial charge is 0.126 e. The lowest BCUT2D eigenvalue weighted by Crippen LogP contribution is -1.86. The molecule has 2 aromatic rings. The standard InChI is InChI=1S/C12H11NO/c13-12-6-2-1-4-10(12)7-8-11-5-3-9-14-11/h1-9H,13H2/b8-7-. The molecule has 0 bridgehead atoms. The molecular formula is C12H11NO. The molecular weight excluding hydrogens is 174 g/mol. The zero-order chi connectivity index (χ0) is 9.80. The van der Waals surface area contributed by atoms with Gasteiger partial charge in [-0.05, 0) is 35.9 Å². The zero-order valence-electron chi connectivity index (χ0n) is 7.68. The monoisotopic (exact) mass is 185 g/mol. The number of hydrogen-bond donors (Lipinski definition) is 1. The summed E-state index contributed by atoms with van der Waals surface area (Å²) in [6.07, 6.45) is 5.48. The minimum atomic E-state index is 0.773. The fourth-order valence-electron chi connectivity index (χ4n) is 1.22. The van der Waals surface area contributed by atoms with Gasteiger partial charge in [0.05, 0.1) is 6.26 Å².